The molecule has 16 heavy (non-hydrogen) atoms. The zero-order chi connectivity index (χ0) is 11.5. The topological polar surface area (TPSA) is 45.6 Å². The first kappa shape index (κ1) is 11.0. The lowest BCUT2D eigenvalue weighted by atomic mass is 9.98. The van der Waals surface area contributed by atoms with Crippen LogP contribution in [0.2, 0.25) is 0 Å². The minimum Gasteiger partial charge on any atom is -0.496 e. The van der Waals surface area contributed by atoms with Crippen molar-refractivity contribution in [2.45, 2.75) is 19.8 Å². The van der Waals surface area contributed by atoms with Crippen molar-refractivity contribution in [3.05, 3.63) is 29.3 Å². The molecule has 0 saturated carbocycles. The summed E-state index contributed by atoms with van der Waals surface area (Å²) in [6, 6.07) is 6.15. The highest BCUT2D eigenvalue weighted by atomic mass is 16.5. The van der Waals surface area contributed by atoms with Crippen LogP contribution in [0, 0.1) is 0 Å². The number of para-hydroxylation sites is 1. The Balaban J connectivity index is 2.48. The van der Waals surface area contributed by atoms with E-state index in [9.17, 15) is 0 Å². The molecule has 0 atom stereocenters. The Morgan fingerprint density at radius 1 is 1.38 bits per heavy atom. The first-order chi connectivity index (χ1) is 7.74. The van der Waals surface area contributed by atoms with Crippen LogP contribution in [-0.2, 0) is 0 Å². The van der Waals surface area contributed by atoms with E-state index in [0.29, 0.717) is 12.6 Å². The average molecular weight is 219 g/mol. The highest BCUT2D eigenvalue weighted by Gasteiger charge is 2.17. The van der Waals surface area contributed by atoms with Crippen molar-refractivity contribution < 1.29 is 4.74 Å². The van der Waals surface area contributed by atoms with Gasteiger partial charge in [0, 0.05) is 0 Å². The summed E-state index contributed by atoms with van der Waals surface area (Å²) in [4.78, 5) is 4.33. The molecule has 0 aromatic heterocycles. The number of hydrogen-bond acceptors (Lipinski definition) is 4. The molecule has 1 aliphatic rings. The maximum atomic E-state index is 5.50. The number of nitrogens with one attached hydrogen (secondary N) is 2. The highest BCUT2D eigenvalue weighted by molar-refractivity contribution is 6.02. The summed E-state index contributed by atoms with van der Waals surface area (Å²) < 4.78 is 5.50. The van der Waals surface area contributed by atoms with Crippen molar-refractivity contribution in [2.75, 3.05) is 13.8 Å². The number of ether oxygens (including phenoxy) is 1. The van der Waals surface area contributed by atoms with Crippen LogP contribution in [0.3, 0.4) is 0 Å². The molecular formula is C12H17N3O. The van der Waals surface area contributed by atoms with Crippen LogP contribution < -0.4 is 15.6 Å². The lowest BCUT2D eigenvalue weighted by Crippen LogP contribution is -2.30. The Morgan fingerprint density at radius 3 is 2.75 bits per heavy atom. The fourth-order valence-electron chi connectivity index (χ4n) is 1.86. The van der Waals surface area contributed by atoms with Gasteiger partial charge in [0.15, 0.2) is 0 Å². The molecule has 0 spiro atoms. The van der Waals surface area contributed by atoms with Gasteiger partial charge in [0.1, 0.15) is 18.3 Å². The minimum absolute atomic E-state index is 0.435. The molecule has 0 amide bonds. The molecule has 0 unspecified atom stereocenters. The monoisotopic (exact) mass is 219 g/mol. The Kier molecular flexibility index (Phi) is 3.10. The van der Waals surface area contributed by atoms with Gasteiger partial charge in [-0.05, 0) is 17.5 Å². The molecule has 4 heteroatoms. The Hall–Kier alpha value is -1.55. The van der Waals surface area contributed by atoms with E-state index in [-0.39, 0.29) is 0 Å². The second-order valence-electron chi connectivity index (χ2n) is 4.05. The molecule has 2 N–H and O–H groups in total. The fourth-order valence-corrected chi connectivity index (χ4v) is 1.86. The van der Waals surface area contributed by atoms with E-state index in [4.69, 9.17) is 4.74 Å². The summed E-state index contributed by atoms with van der Waals surface area (Å²) in [5.41, 5.74) is 8.21. The van der Waals surface area contributed by atoms with Crippen LogP contribution in [0.1, 0.15) is 30.9 Å². The normalized spacial score (nSPS) is 14.9. The van der Waals surface area contributed by atoms with Gasteiger partial charge in [0.2, 0.25) is 0 Å². The quantitative estimate of drug-likeness (QED) is 0.812. The zero-order valence-electron chi connectivity index (χ0n) is 9.87. The molecule has 1 aromatic rings. The molecule has 1 heterocycles. The van der Waals surface area contributed by atoms with Crippen LogP contribution >= 0.6 is 0 Å². The molecule has 0 aliphatic carbocycles. The van der Waals surface area contributed by atoms with Gasteiger partial charge in [0.05, 0.1) is 12.7 Å². The molecule has 0 fully saturated rings. The maximum Gasteiger partial charge on any atom is 0.147 e. The minimum atomic E-state index is 0.435. The number of aliphatic imine (C=N–C) groups is 1. The zero-order valence-corrected chi connectivity index (χ0v) is 9.87. The van der Waals surface area contributed by atoms with E-state index < -0.39 is 0 Å². The third-order valence-electron chi connectivity index (χ3n) is 2.65. The number of benzene rings is 1. The molecule has 0 saturated heterocycles. The Labute approximate surface area is 95.7 Å². The van der Waals surface area contributed by atoms with Crippen LogP contribution in [0.4, 0.5) is 0 Å². The van der Waals surface area contributed by atoms with E-state index in [0.717, 1.165) is 17.1 Å². The van der Waals surface area contributed by atoms with Gasteiger partial charge in [-0.2, -0.15) is 0 Å². The van der Waals surface area contributed by atoms with E-state index in [1.54, 1.807) is 7.11 Å². The molecule has 86 valence electrons. The molecule has 1 aromatic carbocycles. The standard InChI is InChI=1S/C12H17N3O/c1-8(2)9-5-4-6-10(11(9)16-3)12-13-7-14-15-12/h4-6,8,14H,7H2,1-3H3,(H,13,15). The first-order valence-electron chi connectivity index (χ1n) is 5.44. The summed E-state index contributed by atoms with van der Waals surface area (Å²) in [5.74, 6) is 2.19. The summed E-state index contributed by atoms with van der Waals surface area (Å²) in [7, 11) is 1.70. The number of methoxy groups -OCH3 is 1. The van der Waals surface area contributed by atoms with Crippen molar-refractivity contribution in [1.82, 2.24) is 10.9 Å². The summed E-state index contributed by atoms with van der Waals surface area (Å²) in [6.07, 6.45) is 0. The van der Waals surface area contributed by atoms with Crippen molar-refractivity contribution in [2.24, 2.45) is 4.99 Å². The van der Waals surface area contributed by atoms with Crippen LogP contribution in [0.5, 0.6) is 5.75 Å². The van der Waals surface area contributed by atoms with Crippen molar-refractivity contribution in [3.8, 4) is 5.75 Å². The van der Waals surface area contributed by atoms with E-state index in [2.05, 4.69) is 35.8 Å². The predicted octanol–water partition coefficient (Wildman–Crippen LogP) is 1.63. The number of amidine groups is 1. The van der Waals surface area contributed by atoms with Gasteiger partial charge in [-0.3, -0.25) is 0 Å². The van der Waals surface area contributed by atoms with Crippen molar-refractivity contribution in [3.63, 3.8) is 0 Å². The van der Waals surface area contributed by atoms with Gasteiger partial charge in [-0.25, -0.2) is 10.4 Å². The number of hydrazine groups is 1. The summed E-state index contributed by atoms with van der Waals surface area (Å²) in [5, 5.41) is 0. The van der Waals surface area contributed by atoms with E-state index in [1.807, 2.05) is 12.1 Å². The molecule has 4 nitrogen and oxygen atoms in total. The first-order valence-corrected chi connectivity index (χ1v) is 5.44. The second kappa shape index (κ2) is 4.53. The molecular weight excluding hydrogens is 202 g/mol. The van der Waals surface area contributed by atoms with Gasteiger partial charge in [-0.15, -0.1) is 0 Å². The summed E-state index contributed by atoms with van der Waals surface area (Å²) in [6.45, 7) is 4.91. The largest absolute Gasteiger partial charge is 0.496 e. The Morgan fingerprint density at radius 2 is 2.19 bits per heavy atom. The predicted molar refractivity (Wildman–Crippen MR) is 64.8 cm³/mol. The smallest absolute Gasteiger partial charge is 0.147 e. The molecule has 0 bridgehead atoms. The molecule has 0 radical (unpaired) electrons. The average Bonchev–Trinajstić information content (AvgIpc) is 2.81. The van der Waals surface area contributed by atoms with Crippen LogP contribution in [0.15, 0.2) is 23.2 Å². The molecule has 1 aliphatic heterocycles. The van der Waals surface area contributed by atoms with E-state index in [1.165, 1.54) is 5.56 Å². The van der Waals surface area contributed by atoms with Gasteiger partial charge in [-0.1, -0.05) is 26.0 Å². The lowest BCUT2D eigenvalue weighted by Gasteiger charge is -2.15. The maximum absolute atomic E-state index is 5.50. The highest BCUT2D eigenvalue weighted by Crippen LogP contribution is 2.30. The summed E-state index contributed by atoms with van der Waals surface area (Å²) >= 11 is 0. The number of rotatable bonds is 3. The SMILES string of the molecule is COc1c(C2=NCNN2)cccc1C(C)C. The van der Waals surface area contributed by atoms with E-state index >= 15 is 0 Å². The number of nitrogens with zero attached hydrogens (tertiary/aromatic N) is 1. The van der Waals surface area contributed by atoms with Gasteiger partial charge >= 0.3 is 0 Å². The molecule has 2 rings (SSSR count). The third kappa shape index (κ3) is 1.88. The number of hydrogen-bond donors (Lipinski definition) is 2. The van der Waals surface area contributed by atoms with Crippen molar-refractivity contribution in [1.29, 1.82) is 0 Å². The van der Waals surface area contributed by atoms with Crippen LogP contribution in [0.25, 0.3) is 0 Å². The lowest BCUT2D eigenvalue weighted by molar-refractivity contribution is 0.406. The third-order valence-corrected chi connectivity index (χ3v) is 2.65. The van der Waals surface area contributed by atoms with Gasteiger partial charge < -0.3 is 10.2 Å². The van der Waals surface area contributed by atoms with Crippen LogP contribution in [-0.4, -0.2) is 19.6 Å². The fraction of sp³-hybridized carbons (Fsp3) is 0.417. The van der Waals surface area contributed by atoms with Crippen molar-refractivity contribution >= 4 is 5.84 Å². The van der Waals surface area contributed by atoms with Gasteiger partial charge in [0.25, 0.3) is 0 Å². The second-order valence-corrected chi connectivity index (χ2v) is 4.05. The Bertz CT molecular complexity index is 413.